The fourth-order valence-corrected chi connectivity index (χ4v) is 2.86. The maximum absolute atomic E-state index is 9.75. The number of nitrogens with zero attached hydrogens (tertiary/aromatic N) is 1. The summed E-state index contributed by atoms with van der Waals surface area (Å²) in [6, 6.07) is 0. The van der Waals surface area contributed by atoms with Gasteiger partial charge in [-0.05, 0) is 25.2 Å². The first-order chi connectivity index (χ1) is 8.77. The maximum atomic E-state index is 9.75. The normalized spacial score (nSPS) is 26.7. The van der Waals surface area contributed by atoms with E-state index in [2.05, 4.69) is 12.1 Å². The summed E-state index contributed by atoms with van der Waals surface area (Å²) in [4.78, 5) is 0. The number of unbranched alkanes of at least 4 members (excludes halogenated alkanes) is 6. The number of hydrogen-bond acceptors (Lipinski definition) is 3. The van der Waals surface area contributed by atoms with Crippen LogP contribution in [0, 0.1) is 5.92 Å². The summed E-state index contributed by atoms with van der Waals surface area (Å²) in [5.74, 6) is 0.626. The fourth-order valence-electron chi connectivity index (χ4n) is 2.86. The summed E-state index contributed by atoms with van der Waals surface area (Å²) in [5.41, 5.74) is 0.575. The van der Waals surface area contributed by atoms with E-state index in [1.165, 1.54) is 51.4 Å². The van der Waals surface area contributed by atoms with Crippen LogP contribution in [0.2, 0.25) is 0 Å². The molecule has 0 radical (unpaired) electrons. The number of hydrogen-bond donors (Lipinski definition) is 2. The van der Waals surface area contributed by atoms with E-state index in [4.69, 9.17) is 5.21 Å². The summed E-state index contributed by atoms with van der Waals surface area (Å²) in [6.07, 6.45) is 12.8. The molecule has 0 aliphatic heterocycles. The van der Waals surface area contributed by atoms with Gasteiger partial charge in [0.25, 0.3) is 0 Å². The largest absolute Gasteiger partial charge is 0.411 e. The molecule has 0 heterocycles. The van der Waals surface area contributed by atoms with Crippen molar-refractivity contribution in [3.8, 4) is 0 Å². The van der Waals surface area contributed by atoms with Crippen molar-refractivity contribution in [2.45, 2.75) is 83.7 Å². The third-order valence-corrected chi connectivity index (χ3v) is 4.09. The van der Waals surface area contributed by atoms with E-state index in [1.807, 2.05) is 0 Å². The van der Waals surface area contributed by atoms with E-state index in [9.17, 15) is 5.11 Å². The molecule has 3 nitrogen and oxygen atoms in total. The molecule has 2 unspecified atom stereocenters. The standard InChI is InChI=1S/C15H29NO2/c1-2-3-4-5-6-7-8-9-13-10-11-14(16-18)15(17)12-13/h13,15,17-18H,2-12H2,1H3. The van der Waals surface area contributed by atoms with E-state index in [1.54, 1.807) is 0 Å². The summed E-state index contributed by atoms with van der Waals surface area (Å²) < 4.78 is 0. The van der Waals surface area contributed by atoms with Gasteiger partial charge in [0.05, 0.1) is 11.8 Å². The number of rotatable bonds is 8. The van der Waals surface area contributed by atoms with Crippen LogP contribution in [0.3, 0.4) is 0 Å². The zero-order valence-corrected chi connectivity index (χ0v) is 11.8. The Labute approximate surface area is 111 Å². The lowest BCUT2D eigenvalue weighted by molar-refractivity contribution is 0.170. The van der Waals surface area contributed by atoms with E-state index in [0.717, 1.165) is 19.3 Å². The van der Waals surface area contributed by atoms with Gasteiger partial charge in [-0.25, -0.2) is 0 Å². The number of oxime groups is 1. The Kier molecular flexibility index (Phi) is 8.06. The molecule has 2 atom stereocenters. The van der Waals surface area contributed by atoms with Crippen LogP contribution in [0.15, 0.2) is 5.16 Å². The highest BCUT2D eigenvalue weighted by Crippen LogP contribution is 2.27. The van der Waals surface area contributed by atoms with Crippen LogP contribution in [-0.2, 0) is 0 Å². The van der Waals surface area contributed by atoms with Crippen LogP contribution < -0.4 is 0 Å². The van der Waals surface area contributed by atoms with Crippen LogP contribution in [0.5, 0.6) is 0 Å². The first kappa shape index (κ1) is 15.5. The third-order valence-electron chi connectivity index (χ3n) is 4.09. The number of aliphatic hydroxyl groups is 1. The molecule has 0 aromatic heterocycles. The van der Waals surface area contributed by atoms with Crippen molar-refractivity contribution in [2.75, 3.05) is 0 Å². The molecule has 0 bridgehead atoms. The highest BCUT2D eigenvalue weighted by molar-refractivity contribution is 5.88. The second-order valence-electron chi connectivity index (χ2n) is 5.66. The second kappa shape index (κ2) is 9.37. The van der Waals surface area contributed by atoms with E-state index in [-0.39, 0.29) is 0 Å². The lowest BCUT2D eigenvalue weighted by atomic mass is 9.83. The minimum atomic E-state index is -0.502. The summed E-state index contributed by atoms with van der Waals surface area (Å²) >= 11 is 0. The van der Waals surface area contributed by atoms with Gasteiger partial charge in [-0.2, -0.15) is 0 Å². The fraction of sp³-hybridized carbons (Fsp3) is 0.933. The lowest BCUT2D eigenvalue weighted by Crippen LogP contribution is -2.29. The van der Waals surface area contributed by atoms with Crippen molar-refractivity contribution < 1.29 is 10.3 Å². The Bertz CT molecular complexity index is 241. The summed E-state index contributed by atoms with van der Waals surface area (Å²) in [6.45, 7) is 2.25. The third kappa shape index (κ3) is 5.85. The molecule has 0 aromatic rings. The quantitative estimate of drug-likeness (QED) is 0.389. The van der Waals surface area contributed by atoms with Gasteiger partial charge >= 0.3 is 0 Å². The molecule has 1 aliphatic rings. The second-order valence-corrected chi connectivity index (χ2v) is 5.66. The van der Waals surface area contributed by atoms with Gasteiger partial charge in [0, 0.05) is 0 Å². The molecule has 1 fully saturated rings. The molecule has 3 heteroatoms. The van der Waals surface area contributed by atoms with Crippen LogP contribution in [0.25, 0.3) is 0 Å². The number of aliphatic hydroxyl groups excluding tert-OH is 1. The van der Waals surface area contributed by atoms with Gasteiger partial charge in [0.2, 0.25) is 0 Å². The molecular formula is C15H29NO2. The predicted molar refractivity (Wildman–Crippen MR) is 75.2 cm³/mol. The molecule has 1 rings (SSSR count). The highest BCUT2D eigenvalue weighted by atomic mass is 16.4. The Balaban J connectivity index is 2.00. The monoisotopic (exact) mass is 255 g/mol. The van der Waals surface area contributed by atoms with Crippen LogP contribution in [0.1, 0.15) is 77.6 Å². The zero-order chi connectivity index (χ0) is 13.2. The Morgan fingerprint density at radius 2 is 1.78 bits per heavy atom. The minimum Gasteiger partial charge on any atom is -0.411 e. The van der Waals surface area contributed by atoms with Crippen molar-refractivity contribution in [1.29, 1.82) is 0 Å². The molecule has 2 N–H and O–H groups in total. The Hall–Kier alpha value is -0.570. The molecule has 1 aliphatic carbocycles. The topological polar surface area (TPSA) is 52.8 Å². The van der Waals surface area contributed by atoms with Crippen LogP contribution >= 0.6 is 0 Å². The van der Waals surface area contributed by atoms with Crippen LogP contribution in [0.4, 0.5) is 0 Å². The maximum Gasteiger partial charge on any atom is 0.0956 e. The van der Waals surface area contributed by atoms with Crippen molar-refractivity contribution in [3.63, 3.8) is 0 Å². The SMILES string of the molecule is CCCCCCCCCC1CCC(=NO)C(O)C1. The van der Waals surface area contributed by atoms with Crippen molar-refractivity contribution in [3.05, 3.63) is 0 Å². The molecule has 18 heavy (non-hydrogen) atoms. The first-order valence-electron chi connectivity index (χ1n) is 7.66. The minimum absolute atomic E-state index is 0.502. The van der Waals surface area contributed by atoms with E-state index < -0.39 is 6.10 Å². The van der Waals surface area contributed by atoms with Gasteiger partial charge in [0.15, 0.2) is 0 Å². The van der Waals surface area contributed by atoms with Crippen molar-refractivity contribution in [1.82, 2.24) is 0 Å². The molecule has 0 amide bonds. The van der Waals surface area contributed by atoms with Gasteiger partial charge in [-0.15, -0.1) is 0 Å². The molecular weight excluding hydrogens is 226 g/mol. The molecule has 0 spiro atoms. The van der Waals surface area contributed by atoms with E-state index in [0.29, 0.717) is 11.6 Å². The molecule has 0 saturated heterocycles. The van der Waals surface area contributed by atoms with Crippen molar-refractivity contribution in [2.24, 2.45) is 11.1 Å². The molecule has 0 aromatic carbocycles. The van der Waals surface area contributed by atoms with Gasteiger partial charge in [0.1, 0.15) is 0 Å². The zero-order valence-electron chi connectivity index (χ0n) is 11.8. The Morgan fingerprint density at radius 3 is 2.39 bits per heavy atom. The van der Waals surface area contributed by atoms with Gasteiger partial charge < -0.3 is 10.3 Å². The average molecular weight is 255 g/mol. The highest BCUT2D eigenvalue weighted by Gasteiger charge is 2.25. The smallest absolute Gasteiger partial charge is 0.0956 e. The summed E-state index contributed by atoms with van der Waals surface area (Å²) in [7, 11) is 0. The van der Waals surface area contributed by atoms with E-state index >= 15 is 0 Å². The van der Waals surface area contributed by atoms with Crippen LogP contribution in [-0.4, -0.2) is 22.1 Å². The lowest BCUT2D eigenvalue weighted by Gasteiger charge is -2.26. The molecule has 1 saturated carbocycles. The van der Waals surface area contributed by atoms with Crippen molar-refractivity contribution >= 4 is 5.71 Å². The first-order valence-corrected chi connectivity index (χ1v) is 7.66. The average Bonchev–Trinajstić information content (AvgIpc) is 2.38. The van der Waals surface area contributed by atoms with Gasteiger partial charge in [-0.3, -0.25) is 0 Å². The molecule has 106 valence electrons. The Morgan fingerprint density at radius 1 is 1.11 bits per heavy atom. The predicted octanol–water partition coefficient (Wildman–Crippen LogP) is 4.12. The summed E-state index contributed by atoms with van der Waals surface area (Å²) in [5, 5.41) is 21.6. The van der Waals surface area contributed by atoms with Gasteiger partial charge in [-0.1, -0.05) is 63.4 Å².